The number of nitrogen functional groups attached to an aromatic ring is 1. The van der Waals surface area contributed by atoms with E-state index in [0.29, 0.717) is 17.4 Å². The fraction of sp³-hybridized carbons (Fsp3) is 0.238. The van der Waals surface area contributed by atoms with Crippen molar-refractivity contribution in [3.05, 3.63) is 137 Å². The number of amides is 1. The quantitative estimate of drug-likeness (QED) is 0.142. The number of imidazole rings is 1. The first-order chi connectivity index (χ1) is 25.3. The van der Waals surface area contributed by atoms with Gasteiger partial charge in [-0.25, -0.2) is 9.97 Å². The molecule has 0 saturated carbocycles. The van der Waals surface area contributed by atoms with Crippen LogP contribution in [-0.4, -0.2) is 42.1 Å². The van der Waals surface area contributed by atoms with E-state index in [1.54, 1.807) is 18.3 Å². The van der Waals surface area contributed by atoms with Crippen LogP contribution in [0.25, 0.3) is 38.4 Å². The Morgan fingerprint density at radius 3 is 2.65 bits per heavy atom. The monoisotopic (exact) mass is 711 g/mol. The highest BCUT2D eigenvalue weighted by atomic mass is 35.5. The maximum absolute atomic E-state index is 12.4. The number of aromatic nitrogens is 5. The van der Waals surface area contributed by atoms with E-state index >= 15 is 0 Å². The first kappa shape index (κ1) is 34.9. The fourth-order valence-corrected chi connectivity index (χ4v) is 7.32. The minimum atomic E-state index is -0.139. The van der Waals surface area contributed by atoms with Crippen molar-refractivity contribution in [3.63, 3.8) is 0 Å². The molecule has 0 unspecified atom stereocenters. The van der Waals surface area contributed by atoms with E-state index in [9.17, 15) is 4.79 Å². The van der Waals surface area contributed by atoms with Gasteiger partial charge in [0.2, 0.25) is 0 Å². The summed E-state index contributed by atoms with van der Waals surface area (Å²) in [6.45, 7) is 5.48. The highest BCUT2D eigenvalue weighted by Crippen LogP contribution is 2.36. The van der Waals surface area contributed by atoms with Crippen molar-refractivity contribution in [1.29, 1.82) is 0 Å². The number of allylic oxidation sites excluding steroid dienone is 1. The van der Waals surface area contributed by atoms with Crippen LogP contribution in [0.5, 0.6) is 0 Å². The number of fused-ring (bicyclic) bond motifs is 7. The van der Waals surface area contributed by atoms with Crippen LogP contribution in [0, 0.1) is 5.92 Å². The summed E-state index contributed by atoms with van der Waals surface area (Å²) in [7, 11) is 0. The number of aromatic amines is 1. The summed E-state index contributed by atoms with van der Waals surface area (Å²) in [6, 6.07) is 27.5. The SMILES string of the molecule is CC(C)Cn1cnc2c(N)nc3ccccc3c21.O=C(N[C@@H]1CCCc2c1[nH]c1ccc(Cl)cc21)c1ccccn1.OCC1=CCc2ccccc21. The maximum atomic E-state index is 12.4. The first-order valence-corrected chi connectivity index (χ1v) is 18.1. The molecule has 1 atom stereocenters. The molecule has 0 spiro atoms. The zero-order valence-electron chi connectivity index (χ0n) is 29.3. The molecule has 52 heavy (non-hydrogen) atoms. The molecular formula is C42H42ClN7O2. The zero-order valence-corrected chi connectivity index (χ0v) is 30.1. The number of nitrogens with zero attached hydrogens (tertiary/aromatic N) is 4. The second kappa shape index (κ2) is 15.4. The Labute approximate surface area is 307 Å². The Balaban J connectivity index is 0.000000129. The highest BCUT2D eigenvalue weighted by molar-refractivity contribution is 6.31. The van der Waals surface area contributed by atoms with Gasteiger partial charge >= 0.3 is 0 Å². The van der Waals surface area contributed by atoms with Gasteiger partial charge in [-0.15, -0.1) is 0 Å². The number of nitrogens with two attached hydrogens (primary N) is 1. The van der Waals surface area contributed by atoms with Crippen molar-refractivity contribution in [2.24, 2.45) is 5.92 Å². The predicted octanol–water partition coefficient (Wildman–Crippen LogP) is 8.46. The Hall–Kier alpha value is -5.51. The van der Waals surface area contributed by atoms with Gasteiger partial charge in [0.1, 0.15) is 11.2 Å². The molecule has 1 amide bonds. The van der Waals surface area contributed by atoms with Crippen molar-refractivity contribution < 1.29 is 9.90 Å². The van der Waals surface area contributed by atoms with Gasteiger partial charge in [-0.3, -0.25) is 9.78 Å². The van der Waals surface area contributed by atoms with Crippen molar-refractivity contribution in [1.82, 2.24) is 29.8 Å². The number of para-hydroxylation sites is 1. The van der Waals surface area contributed by atoms with Gasteiger partial charge in [-0.2, -0.15) is 0 Å². The number of aliphatic hydroxyl groups is 1. The number of hydrogen-bond acceptors (Lipinski definition) is 6. The average molecular weight is 712 g/mol. The number of hydrogen-bond donors (Lipinski definition) is 4. The third-order valence-electron chi connectivity index (χ3n) is 9.52. The smallest absolute Gasteiger partial charge is 0.270 e. The predicted molar refractivity (Wildman–Crippen MR) is 210 cm³/mol. The molecule has 264 valence electrons. The molecule has 5 N–H and O–H groups in total. The second-order valence-corrected chi connectivity index (χ2v) is 14.0. The number of benzene rings is 3. The number of H-pyrrole nitrogens is 1. The zero-order chi connectivity index (χ0) is 36.2. The lowest BCUT2D eigenvalue weighted by Crippen LogP contribution is -2.31. The molecule has 9 rings (SSSR count). The van der Waals surface area contributed by atoms with E-state index in [2.05, 4.69) is 67.9 Å². The lowest BCUT2D eigenvalue weighted by molar-refractivity contribution is 0.0927. The van der Waals surface area contributed by atoms with E-state index in [1.807, 2.05) is 60.9 Å². The summed E-state index contributed by atoms with van der Waals surface area (Å²) in [5, 5.41) is 15.0. The third-order valence-corrected chi connectivity index (χ3v) is 9.75. The van der Waals surface area contributed by atoms with Gasteiger partial charge in [0, 0.05) is 39.7 Å². The van der Waals surface area contributed by atoms with E-state index in [1.165, 1.54) is 16.7 Å². The molecule has 0 saturated heterocycles. The van der Waals surface area contributed by atoms with Gasteiger partial charge in [-0.05, 0) is 90.3 Å². The Kier molecular flexibility index (Phi) is 10.3. The lowest BCUT2D eigenvalue weighted by atomic mass is 9.91. The molecule has 10 heteroatoms. The summed E-state index contributed by atoms with van der Waals surface area (Å²) >= 11 is 6.13. The van der Waals surface area contributed by atoms with Crippen LogP contribution in [0.15, 0.2) is 104 Å². The molecule has 0 fully saturated rings. The number of rotatable bonds is 5. The van der Waals surface area contributed by atoms with Crippen molar-refractivity contribution in [2.75, 3.05) is 12.3 Å². The second-order valence-electron chi connectivity index (χ2n) is 13.6. The molecule has 0 aliphatic heterocycles. The van der Waals surface area contributed by atoms with E-state index in [-0.39, 0.29) is 18.6 Å². The van der Waals surface area contributed by atoms with Crippen LogP contribution in [0.4, 0.5) is 5.82 Å². The van der Waals surface area contributed by atoms with Crippen LogP contribution in [0.1, 0.15) is 65.6 Å². The van der Waals surface area contributed by atoms with E-state index < -0.39 is 0 Å². The molecule has 0 bridgehead atoms. The van der Waals surface area contributed by atoms with Gasteiger partial charge in [-0.1, -0.05) is 80.1 Å². The van der Waals surface area contributed by atoms with Crippen LogP contribution in [-0.2, 0) is 19.4 Å². The maximum Gasteiger partial charge on any atom is 0.270 e. The number of nitrogens with one attached hydrogen (secondary N) is 2. The Bertz CT molecular complexity index is 2400. The number of aliphatic hydroxyl groups excluding tert-OH is 1. The summed E-state index contributed by atoms with van der Waals surface area (Å²) < 4.78 is 2.17. The number of anilines is 1. The fourth-order valence-electron chi connectivity index (χ4n) is 7.15. The molecule has 3 aromatic carbocycles. The van der Waals surface area contributed by atoms with Gasteiger partial charge < -0.3 is 25.7 Å². The van der Waals surface area contributed by atoms with E-state index in [0.717, 1.165) is 81.4 Å². The number of aryl methyl sites for hydroxylation is 1. The summed E-state index contributed by atoms with van der Waals surface area (Å²) in [5.41, 5.74) is 16.3. The molecule has 7 aromatic rings. The van der Waals surface area contributed by atoms with E-state index in [4.69, 9.17) is 22.4 Å². The highest BCUT2D eigenvalue weighted by Gasteiger charge is 2.26. The van der Waals surface area contributed by atoms with Crippen molar-refractivity contribution >= 4 is 61.7 Å². The molecule has 4 aromatic heterocycles. The molecule has 2 aliphatic rings. The molecule has 0 radical (unpaired) electrons. The summed E-state index contributed by atoms with van der Waals surface area (Å²) in [6.07, 6.45) is 9.52. The number of carbonyl (C=O) groups is 1. The molecule has 4 heterocycles. The lowest BCUT2D eigenvalue weighted by Gasteiger charge is -2.23. The minimum Gasteiger partial charge on any atom is -0.392 e. The topological polar surface area (TPSA) is 135 Å². The largest absolute Gasteiger partial charge is 0.392 e. The number of halogens is 1. The normalized spacial score (nSPS) is 14.6. The Morgan fingerprint density at radius 2 is 1.85 bits per heavy atom. The average Bonchev–Trinajstić information content (AvgIpc) is 3.88. The van der Waals surface area contributed by atoms with Crippen LogP contribution >= 0.6 is 11.6 Å². The third kappa shape index (κ3) is 7.28. The standard InChI is InChI=1S/C18H16ClN3O.C14H16N4.C10H10O/c19-11-7-8-14-13(10-11)12-4-3-6-15(17(12)21-14)22-18(23)16-5-1-2-9-20-16;1-9(2)7-18-8-16-12-13(18)10-5-3-4-6-11(10)17-14(12)15;11-7-9-6-5-8-3-1-2-4-10(8)9/h1-2,5,7-10,15,21H,3-4,6H2,(H,22,23);3-6,8-9H,7H2,1-2H3,(H2,15,17);1-4,6,11H,5,7H2/t15-;;/m1../s1. The van der Waals surface area contributed by atoms with Gasteiger partial charge in [0.15, 0.2) is 5.82 Å². The molecule has 9 nitrogen and oxygen atoms in total. The molecule has 2 aliphatic carbocycles. The van der Waals surface area contributed by atoms with Crippen molar-refractivity contribution in [3.8, 4) is 0 Å². The Morgan fingerprint density at radius 1 is 1.04 bits per heavy atom. The van der Waals surface area contributed by atoms with Gasteiger partial charge in [0.25, 0.3) is 5.91 Å². The minimum absolute atomic E-state index is 0.0144. The first-order valence-electron chi connectivity index (χ1n) is 17.7. The van der Waals surface area contributed by atoms with Crippen LogP contribution in [0.3, 0.4) is 0 Å². The molecular weight excluding hydrogens is 670 g/mol. The number of pyridine rings is 2. The van der Waals surface area contributed by atoms with Crippen molar-refractivity contribution in [2.45, 2.75) is 52.1 Å². The number of carbonyl (C=O) groups excluding carboxylic acids is 1. The van der Waals surface area contributed by atoms with Crippen LogP contribution in [0.2, 0.25) is 5.02 Å². The van der Waals surface area contributed by atoms with Crippen LogP contribution < -0.4 is 11.1 Å². The van der Waals surface area contributed by atoms with Gasteiger partial charge in [0.05, 0.1) is 30.0 Å². The summed E-state index contributed by atoms with van der Waals surface area (Å²) in [4.78, 5) is 28.7. The summed E-state index contributed by atoms with van der Waals surface area (Å²) in [5.74, 6) is 0.932.